The van der Waals surface area contributed by atoms with Gasteiger partial charge in [0.2, 0.25) is 0 Å². The van der Waals surface area contributed by atoms with E-state index in [1.165, 1.54) is 0 Å². The van der Waals surface area contributed by atoms with Crippen LogP contribution in [0.1, 0.15) is 53.7 Å². The molecule has 0 saturated carbocycles. The molecule has 1 aliphatic rings. The number of anilines is 1. The van der Waals surface area contributed by atoms with Crippen molar-refractivity contribution >= 4 is 23.1 Å². The Kier molecular flexibility index (Phi) is 4.45. The van der Waals surface area contributed by atoms with Gasteiger partial charge in [0.25, 0.3) is 5.91 Å². The molecule has 25 heavy (non-hydrogen) atoms. The molecule has 1 N–H and O–H groups in total. The minimum Gasteiger partial charge on any atom is -0.481 e. The zero-order valence-corrected chi connectivity index (χ0v) is 14.6. The van der Waals surface area contributed by atoms with Crippen LogP contribution >= 0.6 is 0 Å². The van der Waals surface area contributed by atoms with Gasteiger partial charge in [-0.15, -0.1) is 0 Å². The number of hydrogen-bond donors (Lipinski definition) is 1. The van der Waals surface area contributed by atoms with E-state index >= 15 is 0 Å². The molecule has 4 heteroatoms. The molecule has 2 aromatic rings. The van der Waals surface area contributed by atoms with Crippen LogP contribution in [0.4, 0.5) is 5.69 Å². The fourth-order valence-electron chi connectivity index (χ4n) is 3.01. The number of nitrogens with zero attached hydrogens (tertiary/aromatic N) is 1. The van der Waals surface area contributed by atoms with Gasteiger partial charge < -0.3 is 10.0 Å². The molecule has 1 amide bonds. The van der Waals surface area contributed by atoms with Crippen LogP contribution in [-0.2, 0) is 11.3 Å². The highest BCUT2D eigenvalue weighted by Gasteiger charge is 2.29. The third-order valence-corrected chi connectivity index (χ3v) is 4.88. The number of amides is 1. The molecule has 4 nitrogen and oxygen atoms in total. The predicted octanol–water partition coefficient (Wildman–Crippen LogP) is 4.46. The number of hydrogen-bond acceptors (Lipinski definition) is 2. The molecule has 1 unspecified atom stereocenters. The Morgan fingerprint density at radius 2 is 1.88 bits per heavy atom. The molecule has 1 atom stereocenters. The van der Waals surface area contributed by atoms with E-state index < -0.39 is 11.9 Å². The van der Waals surface area contributed by atoms with Crippen LogP contribution < -0.4 is 4.90 Å². The summed E-state index contributed by atoms with van der Waals surface area (Å²) in [6, 6.07) is 13.2. The van der Waals surface area contributed by atoms with Crippen LogP contribution in [0.3, 0.4) is 0 Å². The molecule has 3 rings (SSSR count). The summed E-state index contributed by atoms with van der Waals surface area (Å²) in [5.41, 5.74) is 5.46. The maximum Gasteiger partial charge on any atom is 0.310 e. The number of carboxylic acid groups (broad SMARTS) is 1. The zero-order valence-electron chi connectivity index (χ0n) is 14.6. The van der Waals surface area contributed by atoms with E-state index in [0.29, 0.717) is 6.54 Å². The van der Waals surface area contributed by atoms with Crippen molar-refractivity contribution in [3.05, 3.63) is 70.8 Å². The van der Waals surface area contributed by atoms with Gasteiger partial charge in [-0.25, -0.2) is 0 Å². The molecule has 0 radical (unpaired) electrons. The quantitative estimate of drug-likeness (QED) is 0.897. The van der Waals surface area contributed by atoms with Crippen LogP contribution in [-0.4, -0.2) is 17.0 Å². The summed E-state index contributed by atoms with van der Waals surface area (Å²) >= 11 is 0. The summed E-state index contributed by atoms with van der Waals surface area (Å²) in [5, 5.41) is 9.10. The van der Waals surface area contributed by atoms with Crippen molar-refractivity contribution in [2.45, 2.75) is 33.2 Å². The first-order valence-corrected chi connectivity index (χ1v) is 8.33. The van der Waals surface area contributed by atoms with Crippen LogP contribution in [0.15, 0.2) is 48.5 Å². The normalized spacial score (nSPS) is 15.2. The summed E-state index contributed by atoms with van der Waals surface area (Å²) in [6.45, 7) is 6.20. The topological polar surface area (TPSA) is 57.6 Å². The summed E-state index contributed by atoms with van der Waals surface area (Å²) in [4.78, 5) is 25.6. The van der Waals surface area contributed by atoms with Crippen molar-refractivity contribution in [3.8, 4) is 0 Å². The third kappa shape index (κ3) is 3.07. The van der Waals surface area contributed by atoms with Crippen molar-refractivity contribution < 1.29 is 14.7 Å². The van der Waals surface area contributed by atoms with Gasteiger partial charge in [-0.1, -0.05) is 30.3 Å². The molecule has 0 aliphatic carbocycles. The lowest BCUT2D eigenvalue weighted by molar-refractivity contribution is -0.138. The fraction of sp³-hybridized carbons (Fsp3) is 0.238. The number of aliphatic carboxylic acids is 1. The lowest BCUT2D eigenvalue weighted by Crippen LogP contribution is -2.23. The van der Waals surface area contributed by atoms with Crippen molar-refractivity contribution in [2.75, 3.05) is 4.90 Å². The first-order valence-electron chi connectivity index (χ1n) is 8.33. The molecule has 2 aromatic carbocycles. The van der Waals surface area contributed by atoms with E-state index in [2.05, 4.69) is 0 Å². The minimum atomic E-state index is -0.857. The first-order chi connectivity index (χ1) is 11.9. The Balaban J connectivity index is 1.88. The first kappa shape index (κ1) is 17.0. The Bertz CT molecular complexity index is 865. The second-order valence-corrected chi connectivity index (χ2v) is 6.39. The highest BCUT2D eigenvalue weighted by atomic mass is 16.4. The predicted molar refractivity (Wildman–Crippen MR) is 98.8 cm³/mol. The van der Waals surface area contributed by atoms with Gasteiger partial charge in [0.1, 0.15) is 0 Å². The molecule has 0 bridgehead atoms. The maximum atomic E-state index is 12.8. The molecule has 128 valence electrons. The summed E-state index contributed by atoms with van der Waals surface area (Å²) in [7, 11) is 0. The Morgan fingerprint density at radius 3 is 2.48 bits per heavy atom. The van der Waals surface area contributed by atoms with Crippen LogP contribution in [0.5, 0.6) is 0 Å². The fourth-order valence-corrected chi connectivity index (χ4v) is 3.01. The van der Waals surface area contributed by atoms with Crippen molar-refractivity contribution in [1.82, 2.24) is 0 Å². The SMILES string of the molecule is CC=C(C)c1ccc2c(c1)C(=O)N(c1ccc(C(C)C(=O)O)cc1)C2. The van der Waals surface area contributed by atoms with E-state index in [1.54, 1.807) is 24.0 Å². The van der Waals surface area contributed by atoms with Gasteiger partial charge in [0.05, 0.1) is 12.5 Å². The molecule has 1 heterocycles. The molecule has 0 spiro atoms. The van der Waals surface area contributed by atoms with E-state index in [9.17, 15) is 9.59 Å². The van der Waals surface area contributed by atoms with E-state index in [1.807, 2.05) is 50.3 Å². The van der Waals surface area contributed by atoms with Gasteiger partial charge in [0, 0.05) is 11.3 Å². The van der Waals surface area contributed by atoms with E-state index in [-0.39, 0.29) is 5.91 Å². The average molecular weight is 335 g/mol. The van der Waals surface area contributed by atoms with Crippen LogP contribution in [0.2, 0.25) is 0 Å². The number of benzene rings is 2. The largest absolute Gasteiger partial charge is 0.481 e. The van der Waals surface area contributed by atoms with Crippen LogP contribution in [0.25, 0.3) is 5.57 Å². The third-order valence-electron chi connectivity index (χ3n) is 4.88. The highest BCUT2D eigenvalue weighted by Crippen LogP contribution is 2.31. The molecule has 0 saturated heterocycles. The van der Waals surface area contributed by atoms with Crippen molar-refractivity contribution in [3.63, 3.8) is 0 Å². The Morgan fingerprint density at radius 1 is 1.20 bits per heavy atom. The smallest absolute Gasteiger partial charge is 0.310 e. The van der Waals surface area contributed by atoms with Gasteiger partial charge in [0.15, 0.2) is 0 Å². The monoisotopic (exact) mass is 335 g/mol. The Hall–Kier alpha value is -2.88. The average Bonchev–Trinajstić information content (AvgIpc) is 2.96. The van der Waals surface area contributed by atoms with Gasteiger partial charge in [-0.05, 0) is 61.2 Å². The van der Waals surface area contributed by atoms with Crippen LogP contribution in [0, 0.1) is 0 Å². The van der Waals surface area contributed by atoms with Gasteiger partial charge >= 0.3 is 5.97 Å². The van der Waals surface area contributed by atoms with Gasteiger partial charge in [-0.2, -0.15) is 0 Å². The van der Waals surface area contributed by atoms with Gasteiger partial charge in [-0.3, -0.25) is 9.59 Å². The number of rotatable bonds is 4. The zero-order chi connectivity index (χ0) is 18.1. The number of allylic oxidation sites excluding steroid dienone is 2. The lowest BCUT2D eigenvalue weighted by atomic mass is 10.0. The molecule has 0 aromatic heterocycles. The minimum absolute atomic E-state index is 0.0141. The number of carboxylic acids is 1. The summed E-state index contributed by atoms with van der Waals surface area (Å²) < 4.78 is 0. The standard InChI is InChI=1S/C21H21NO3/c1-4-13(2)16-5-6-17-12-22(20(23)19(17)11-16)18-9-7-15(8-10-18)14(3)21(24)25/h4-11,14H,12H2,1-3H3,(H,24,25). The van der Waals surface area contributed by atoms with Crippen molar-refractivity contribution in [2.24, 2.45) is 0 Å². The van der Waals surface area contributed by atoms with E-state index in [4.69, 9.17) is 5.11 Å². The number of carbonyl (C=O) groups is 2. The summed E-state index contributed by atoms with van der Waals surface area (Å²) in [6.07, 6.45) is 2.03. The molecule has 1 aliphatic heterocycles. The van der Waals surface area contributed by atoms with E-state index in [0.717, 1.165) is 33.5 Å². The number of fused-ring (bicyclic) bond motifs is 1. The molecular formula is C21H21NO3. The lowest BCUT2D eigenvalue weighted by Gasteiger charge is -2.17. The number of carbonyl (C=O) groups excluding carboxylic acids is 1. The molecular weight excluding hydrogens is 314 g/mol. The summed E-state index contributed by atoms with van der Waals surface area (Å²) in [5.74, 6) is -1.43. The highest BCUT2D eigenvalue weighted by molar-refractivity contribution is 6.10. The molecule has 0 fully saturated rings. The second kappa shape index (κ2) is 6.55. The van der Waals surface area contributed by atoms with Crippen molar-refractivity contribution in [1.29, 1.82) is 0 Å². The Labute approximate surface area is 147 Å². The maximum absolute atomic E-state index is 12.8. The second-order valence-electron chi connectivity index (χ2n) is 6.39.